The van der Waals surface area contributed by atoms with Gasteiger partial charge in [0.1, 0.15) is 23.2 Å². The van der Waals surface area contributed by atoms with Crippen LogP contribution in [0.1, 0.15) is 12.7 Å². The Kier molecular flexibility index (Phi) is 5.31. The molecule has 1 aliphatic rings. The largest absolute Gasteiger partial charge is 0.457 e. The number of amides is 1. The number of carbonyl (C=O) groups excluding carboxylic acids is 1. The lowest BCUT2D eigenvalue weighted by molar-refractivity contribution is -0.122. The minimum Gasteiger partial charge on any atom is -0.457 e. The predicted molar refractivity (Wildman–Crippen MR) is 111 cm³/mol. The summed E-state index contributed by atoms with van der Waals surface area (Å²) in [7, 11) is 0. The maximum atomic E-state index is 13.4. The fourth-order valence-electron chi connectivity index (χ4n) is 2.85. The van der Waals surface area contributed by atoms with E-state index in [1.54, 1.807) is 47.4 Å². The van der Waals surface area contributed by atoms with Crippen molar-refractivity contribution in [3.63, 3.8) is 0 Å². The lowest BCUT2D eigenvalue weighted by Gasteiger charge is -2.11. The molecule has 1 amide bonds. The zero-order valence-electron chi connectivity index (χ0n) is 15.4. The molecule has 3 aromatic rings. The van der Waals surface area contributed by atoms with Gasteiger partial charge in [-0.05, 0) is 67.2 Å². The third-order valence-corrected chi connectivity index (χ3v) is 5.27. The van der Waals surface area contributed by atoms with Gasteiger partial charge < -0.3 is 4.42 Å². The van der Waals surface area contributed by atoms with Gasteiger partial charge in [-0.15, -0.1) is 0 Å². The Labute approximate surface area is 170 Å². The third-order valence-electron chi connectivity index (χ3n) is 4.26. The first-order chi connectivity index (χ1) is 14.0. The van der Waals surface area contributed by atoms with E-state index in [1.165, 1.54) is 36.0 Å². The SMILES string of the molecule is CCN1C(=O)/C(=C\c2ccc(-c3cccc(F)c3)o2)SC1=Nc1ccc(F)cc1. The minimum atomic E-state index is -0.347. The minimum absolute atomic E-state index is 0.179. The number of hydrogen-bond donors (Lipinski definition) is 0. The van der Waals surface area contributed by atoms with Gasteiger partial charge in [0, 0.05) is 18.2 Å². The van der Waals surface area contributed by atoms with Crippen LogP contribution in [-0.4, -0.2) is 22.5 Å². The van der Waals surface area contributed by atoms with E-state index in [-0.39, 0.29) is 17.5 Å². The second-order valence-electron chi connectivity index (χ2n) is 6.24. The summed E-state index contributed by atoms with van der Waals surface area (Å²) in [5.41, 5.74) is 1.18. The first-order valence-corrected chi connectivity index (χ1v) is 9.76. The Hall–Kier alpha value is -3.19. The van der Waals surface area contributed by atoms with Gasteiger partial charge in [0.25, 0.3) is 5.91 Å². The van der Waals surface area contributed by atoms with E-state index in [0.29, 0.717) is 39.4 Å². The molecular weight excluding hydrogens is 394 g/mol. The van der Waals surface area contributed by atoms with Gasteiger partial charge in [0.2, 0.25) is 0 Å². The summed E-state index contributed by atoms with van der Waals surface area (Å²) in [5.74, 6) is 0.130. The van der Waals surface area contributed by atoms with Crippen LogP contribution in [0.25, 0.3) is 17.4 Å². The molecule has 0 radical (unpaired) electrons. The lowest BCUT2D eigenvalue weighted by Crippen LogP contribution is -2.28. The number of nitrogens with zero attached hydrogens (tertiary/aromatic N) is 2. The highest BCUT2D eigenvalue weighted by atomic mass is 32.2. The third kappa shape index (κ3) is 4.14. The Bertz CT molecular complexity index is 1120. The van der Waals surface area contributed by atoms with Crippen molar-refractivity contribution in [1.29, 1.82) is 0 Å². The first kappa shape index (κ1) is 19.1. The standard InChI is InChI=1S/C22H16F2N2O2S/c1-2-26-21(27)20(29-22(26)25-17-8-6-15(23)7-9-17)13-18-10-11-19(28-18)14-4-3-5-16(24)12-14/h3-13H,2H2,1H3/b20-13+,25-22?. The molecule has 4 nitrogen and oxygen atoms in total. The Balaban J connectivity index is 1.61. The summed E-state index contributed by atoms with van der Waals surface area (Å²) in [6, 6.07) is 15.3. The van der Waals surface area contributed by atoms with E-state index in [4.69, 9.17) is 4.42 Å². The highest BCUT2D eigenvalue weighted by Crippen LogP contribution is 2.35. The van der Waals surface area contributed by atoms with Crippen molar-refractivity contribution in [3.8, 4) is 11.3 Å². The van der Waals surface area contributed by atoms with Crippen molar-refractivity contribution in [2.75, 3.05) is 6.54 Å². The normalized spacial score (nSPS) is 16.9. The number of rotatable bonds is 4. The molecule has 0 bridgehead atoms. The summed E-state index contributed by atoms with van der Waals surface area (Å²) >= 11 is 1.23. The van der Waals surface area contributed by atoms with Crippen LogP contribution in [0.3, 0.4) is 0 Å². The fraction of sp³-hybridized carbons (Fsp3) is 0.0909. The highest BCUT2D eigenvalue weighted by molar-refractivity contribution is 8.18. The second kappa shape index (κ2) is 8.05. The van der Waals surface area contributed by atoms with Crippen LogP contribution in [0.5, 0.6) is 0 Å². The van der Waals surface area contributed by atoms with Crippen molar-refractivity contribution in [1.82, 2.24) is 4.90 Å². The molecule has 2 heterocycles. The van der Waals surface area contributed by atoms with Gasteiger partial charge in [-0.25, -0.2) is 13.8 Å². The number of aliphatic imine (C=N–C) groups is 1. The molecule has 0 aliphatic carbocycles. The number of furan rings is 1. The molecule has 29 heavy (non-hydrogen) atoms. The molecule has 0 unspecified atom stereocenters. The van der Waals surface area contributed by atoms with Crippen LogP contribution in [0.4, 0.5) is 14.5 Å². The average Bonchev–Trinajstić information content (AvgIpc) is 3.29. The van der Waals surface area contributed by atoms with Crippen molar-refractivity contribution >= 4 is 34.6 Å². The fourth-order valence-corrected chi connectivity index (χ4v) is 3.90. The molecule has 146 valence electrons. The van der Waals surface area contributed by atoms with Crippen LogP contribution >= 0.6 is 11.8 Å². The summed E-state index contributed by atoms with van der Waals surface area (Å²) in [6.45, 7) is 2.31. The molecule has 1 fully saturated rings. The molecule has 0 saturated carbocycles. The zero-order chi connectivity index (χ0) is 20.4. The van der Waals surface area contributed by atoms with Crippen LogP contribution in [0.15, 0.2) is 75.0 Å². The van der Waals surface area contributed by atoms with E-state index < -0.39 is 0 Å². The Morgan fingerprint density at radius 3 is 2.59 bits per heavy atom. The quantitative estimate of drug-likeness (QED) is 0.507. The van der Waals surface area contributed by atoms with Gasteiger partial charge in [-0.2, -0.15) is 0 Å². The molecule has 0 spiro atoms. The number of benzene rings is 2. The van der Waals surface area contributed by atoms with E-state index in [2.05, 4.69) is 4.99 Å². The molecule has 1 aliphatic heterocycles. The highest BCUT2D eigenvalue weighted by Gasteiger charge is 2.32. The summed E-state index contributed by atoms with van der Waals surface area (Å²) in [5, 5.41) is 0.521. The van der Waals surface area contributed by atoms with Crippen LogP contribution in [0, 0.1) is 11.6 Å². The number of likely N-dealkylation sites (N-methyl/N-ethyl adjacent to an activating group) is 1. The average molecular weight is 410 g/mol. The number of thioether (sulfide) groups is 1. The lowest BCUT2D eigenvalue weighted by atomic mass is 10.2. The number of amidine groups is 1. The zero-order valence-corrected chi connectivity index (χ0v) is 16.2. The Morgan fingerprint density at radius 1 is 1.07 bits per heavy atom. The topological polar surface area (TPSA) is 45.8 Å². The van der Waals surface area contributed by atoms with Crippen molar-refractivity contribution in [2.45, 2.75) is 6.92 Å². The first-order valence-electron chi connectivity index (χ1n) is 8.95. The van der Waals surface area contributed by atoms with E-state index in [9.17, 15) is 13.6 Å². The van der Waals surface area contributed by atoms with E-state index in [1.807, 2.05) is 6.92 Å². The van der Waals surface area contributed by atoms with Gasteiger partial charge in [-0.1, -0.05) is 12.1 Å². The maximum absolute atomic E-state index is 13.4. The summed E-state index contributed by atoms with van der Waals surface area (Å²) in [4.78, 5) is 19.2. The van der Waals surface area contributed by atoms with Gasteiger partial charge in [0.05, 0.1) is 10.6 Å². The molecule has 0 N–H and O–H groups in total. The van der Waals surface area contributed by atoms with Crippen molar-refractivity contribution in [3.05, 3.63) is 83.0 Å². The summed E-state index contributed by atoms with van der Waals surface area (Å²) in [6.07, 6.45) is 1.64. The smallest absolute Gasteiger partial charge is 0.266 e. The van der Waals surface area contributed by atoms with Gasteiger partial charge >= 0.3 is 0 Å². The van der Waals surface area contributed by atoms with Crippen LogP contribution in [-0.2, 0) is 4.79 Å². The van der Waals surface area contributed by atoms with Crippen molar-refractivity contribution in [2.24, 2.45) is 4.99 Å². The van der Waals surface area contributed by atoms with Gasteiger partial charge in [0.15, 0.2) is 5.17 Å². The molecule has 1 saturated heterocycles. The predicted octanol–water partition coefficient (Wildman–Crippen LogP) is 5.85. The van der Waals surface area contributed by atoms with E-state index in [0.717, 1.165) is 0 Å². The summed E-state index contributed by atoms with van der Waals surface area (Å²) < 4.78 is 32.3. The second-order valence-corrected chi connectivity index (χ2v) is 7.25. The maximum Gasteiger partial charge on any atom is 0.266 e. The molecular formula is C22H16F2N2O2S. The molecule has 7 heteroatoms. The van der Waals surface area contributed by atoms with E-state index >= 15 is 0 Å². The van der Waals surface area contributed by atoms with Crippen molar-refractivity contribution < 1.29 is 18.0 Å². The van der Waals surface area contributed by atoms with Gasteiger partial charge in [-0.3, -0.25) is 9.69 Å². The molecule has 1 aromatic heterocycles. The Morgan fingerprint density at radius 2 is 1.86 bits per heavy atom. The monoisotopic (exact) mass is 410 g/mol. The number of carbonyl (C=O) groups is 1. The molecule has 4 rings (SSSR count). The van der Waals surface area contributed by atoms with Crippen LogP contribution < -0.4 is 0 Å². The molecule has 2 aromatic carbocycles. The molecule has 0 atom stereocenters. The van der Waals surface area contributed by atoms with Crippen LogP contribution in [0.2, 0.25) is 0 Å². The number of hydrogen-bond acceptors (Lipinski definition) is 4. The number of halogens is 2.